The first-order chi connectivity index (χ1) is 18.1. The molecule has 0 saturated heterocycles. The van der Waals surface area contributed by atoms with Gasteiger partial charge in [0.25, 0.3) is 0 Å². The molecule has 0 spiro atoms. The lowest BCUT2D eigenvalue weighted by Crippen LogP contribution is -2.10. The zero-order chi connectivity index (χ0) is 25.6. The molecular weight excluding hydrogens is 464 g/mol. The van der Waals surface area contributed by atoms with E-state index in [9.17, 15) is 5.11 Å². The lowest BCUT2D eigenvalue weighted by atomic mass is 9.93. The van der Waals surface area contributed by atoms with Crippen molar-refractivity contribution in [3.05, 3.63) is 108 Å². The van der Waals surface area contributed by atoms with Crippen molar-refractivity contribution in [1.29, 1.82) is 0 Å². The van der Waals surface area contributed by atoms with Crippen LogP contribution < -0.4 is 19.5 Å². The molecule has 0 atom stereocenters. The maximum atomic E-state index is 10.2. The Bertz CT molecular complexity index is 1440. The monoisotopic (exact) mass is 492 g/mol. The van der Waals surface area contributed by atoms with Gasteiger partial charge in [0.1, 0.15) is 11.5 Å². The molecule has 6 nitrogen and oxygen atoms in total. The Morgan fingerprint density at radius 3 is 2.38 bits per heavy atom. The second kappa shape index (κ2) is 10.9. The number of fused-ring (bicyclic) bond motifs is 1. The van der Waals surface area contributed by atoms with Gasteiger partial charge >= 0.3 is 0 Å². The summed E-state index contributed by atoms with van der Waals surface area (Å²) in [5.74, 6) is 2.47. The predicted octanol–water partition coefficient (Wildman–Crippen LogP) is 6.43. The van der Waals surface area contributed by atoms with E-state index >= 15 is 0 Å². The lowest BCUT2D eigenvalue weighted by molar-refractivity contribution is 0.332. The fraction of sp³-hybridized carbons (Fsp3) is 0.129. The number of para-hydroxylation sites is 1. The van der Waals surface area contributed by atoms with Crippen molar-refractivity contribution < 1.29 is 19.3 Å². The molecule has 0 aliphatic carbocycles. The number of rotatable bonds is 8. The molecule has 2 N–H and O–H groups in total. The van der Waals surface area contributed by atoms with E-state index in [-0.39, 0.29) is 5.75 Å². The van der Waals surface area contributed by atoms with Gasteiger partial charge in [0.15, 0.2) is 11.5 Å². The third-order valence-electron chi connectivity index (χ3n) is 6.16. The number of nitrogens with one attached hydrogen (secondary N) is 1. The number of benzene rings is 4. The molecule has 1 aliphatic heterocycles. The van der Waals surface area contributed by atoms with Gasteiger partial charge in [-0.2, -0.15) is 0 Å². The van der Waals surface area contributed by atoms with Gasteiger partial charge in [-0.15, -0.1) is 0 Å². The molecule has 0 unspecified atom stereocenters. The summed E-state index contributed by atoms with van der Waals surface area (Å²) in [6.45, 7) is 1.10. The first-order valence-corrected chi connectivity index (χ1v) is 12.0. The van der Waals surface area contributed by atoms with Crippen LogP contribution in [-0.2, 0) is 6.54 Å². The Labute approximate surface area is 216 Å². The van der Waals surface area contributed by atoms with Crippen LogP contribution in [0.2, 0.25) is 0 Å². The highest BCUT2D eigenvalue weighted by molar-refractivity contribution is 5.93. The number of methoxy groups -OCH3 is 2. The van der Waals surface area contributed by atoms with Crippen molar-refractivity contribution >= 4 is 11.8 Å². The standard InChI is InChI=1S/C31H28N2O4/c1-35-30-15-21(14-29(34)31(30)36-2)17-32-19-25-20-33-18-24-9-8-23(16-28(24)25)22-10-12-27(13-11-22)37-26-6-4-3-5-7-26/h3-16,18-19,32,34H,17,20H2,1-2H3/b25-19+. The van der Waals surface area contributed by atoms with Crippen LogP contribution in [0.4, 0.5) is 0 Å². The minimum absolute atomic E-state index is 0.0451. The van der Waals surface area contributed by atoms with Crippen LogP contribution in [0.5, 0.6) is 28.7 Å². The van der Waals surface area contributed by atoms with E-state index in [0.29, 0.717) is 24.6 Å². The van der Waals surface area contributed by atoms with E-state index in [1.54, 1.807) is 13.2 Å². The van der Waals surface area contributed by atoms with E-state index in [1.165, 1.54) is 7.11 Å². The summed E-state index contributed by atoms with van der Waals surface area (Å²) >= 11 is 0. The second-order valence-electron chi connectivity index (χ2n) is 8.61. The van der Waals surface area contributed by atoms with Crippen LogP contribution >= 0.6 is 0 Å². The Kier molecular flexibility index (Phi) is 7.08. The van der Waals surface area contributed by atoms with Crippen molar-refractivity contribution in [2.24, 2.45) is 4.99 Å². The summed E-state index contributed by atoms with van der Waals surface area (Å²) in [5, 5.41) is 13.6. The van der Waals surface area contributed by atoms with Crippen molar-refractivity contribution in [2.75, 3.05) is 20.8 Å². The van der Waals surface area contributed by atoms with Crippen LogP contribution in [0.25, 0.3) is 16.7 Å². The third-order valence-corrected chi connectivity index (χ3v) is 6.16. The molecule has 6 heteroatoms. The van der Waals surface area contributed by atoms with Gasteiger partial charge in [-0.05, 0) is 75.9 Å². The second-order valence-corrected chi connectivity index (χ2v) is 8.61. The average molecular weight is 493 g/mol. The smallest absolute Gasteiger partial charge is 0.203 e. The molecule has 5 rings (SSSR count). The van der Waals surface area contributed by atoms with Crippen LogP contribution in [-0.4, -0.2) is 32.1 Å². The van der Waals surface area contributed by atoms with E-state index in [2.05, 4.69) is 40.6 Å². The zero-order valence-electron chi connectivity index (χ0n) is 20.8. The van der Waals surface area contributed by atoms with Gasteiger partial charge in [-0.25, -0.2) is 0 Å². The number of hydrogen-bond donors (Lipinski definition) is 2. The molecule has 1 heterocycles. The van der Waals surface area contributed by atoms with Crippen LogP contribution in [0.1, 0.15) is 16.7 Å². The lowest BCUT2D eigenvalue weighted by Gasteiger charge is -2.17. The average Bonchev–Trinajstić information content (AvgIpc) is 2.93. The van der Waals surface area contributed by atoms with E-state index in [0.717, 1.165) is 44.9 Å². The molecule has 37 heavy (non-hydrogen) atoms. The molecule has 0 bridgehead atoms. The Balaban J connectivity index is 1.33. The Hall–Kier alpha value is -4.71. The SMILES string of the molecule is COc1cc(CN/C=C2\CN=Cc3ccc(-c4ccc(Oc5ccccc5)cc4)cc32)cc(O)c1OC. The minimum Gasteiger partial charge on any atom is -0.504 e. The normalized spacial score (nSPS) is 13.2. The third kappa shape index (κ3) is 5.43. The van der Waals surface area contributed by atoms with E-state index in [4.69, 9.17) is 14.2 Å². The predicted molar refractivity (Wildman–Crippen MR) is 147 cm³/mol. The summed E-state index contributed by atoms with van der Waals surface area (Å²) in [4.78, 5) is 4.52. The number of phenols is 1. The fourth-order valence-electron chi connectivity index (χ4n) is 4.31. The highest BCUT2D eigenvalue weighted by Crippen LogP contribution is 2.37. The van der Waals surface area contributed by atoms with Crippen molar-refractivity contribution in [2.45, 2.75) is 6.54 Å². The zero-order valence-corrected chi connectivity index (χ0v) is 20.8. The summed E-state index contributed by atoms with van der Waals surface area (Å²) in [7, 11) is 3.05. The molecule has 1 aliphatic rings. The van der Waals surface area contributed by atoms with Gasteiger partial charge in [0, 0.05) is 19.0 Å². The van der Waals surface area contributed by atoms with Crippen LogP contribution in [0, 0.1) is 0 Å². The van der Waals surface area contributed by atoms with Gasteiger partial charge in [0.2, 0.25) is 5.75 Å². The summed E-state index contributed by atoms with van der Waals surface area (Å²) < 4.78 is 16.5. The number of aromatic hydroxyl groups is 1. The molecule has 0 aromatic heterocycles. The number of ether oxygens (including phenoxy) is 3. The highest BCUT2D eigenvalue weighted by atomic mass is 16.5. The van der Waals surface area contributed by atoms with Crippen LogP contribution in [0.3, 0.4) is 0 Å². The topological polar surface area (TPSA) is 72.3 Å². The number of phenolic OH excluding ortho intramolecular Hbond substituents is 1. The molecule has 0 saturated carbocycles. The van der Waals surface area contributed by atoms with Crippen molar-refractivity contribution in [1.82, 2.24) is 5.32 Å². The number of aliphatic imine (C=N–C) groups is 1. The molecule has 0 amide bonds. The fourth-order valence-corrected chi connectivity index (χ4v) is 4.31. The molecule has 186 valence electrons. The Morgan fingerprint density at radius 1 is 0.865 bits per heavy atom. The van der Waals surface area contributed by atoms with E-state index < -0.39 is 0 Å². The largest absolute Gasteiger partial charge is 0.504 e. The first kappa shape index (κ1) is 24.0. The molecule has 4 aromatic rings. The quantitative estimate of drug-likeness (QED) is 0.296. The Morgan fingerprint density at radius 2 is 1.62 bits per heavy atom. The molecule has 0 radical (unpaired) electrons. The summed E-state index contributed by atoms with van der Waals surface area (Å²) in [6.07, 6.45) is 3.91. The minimum atomic E-state index is 0.0451. The summed E-state index contributed by atoms with van der Waals surface area (Å²) in [6, 6.07) is 27.8. The van der Waals surface area contributed by atoms with Gasteiger partial charge in [-0.1, -0.05) is 42.5 Å². The molecule has 0 fully saturated rings. The van der Waals surface area contributed by atoms with Crippen molar-refractivity contribution in [3.8, 4) is 39.9 Å². The maximum absolute atomic E-state index is 10.2. The van der Waals surface area contributed by atoms with E-state index in [1.807, 2.05) is 60.9 Å². The number of nitrogens with zero attached hydrogens (tertiary/aromatic N) is 1. The summed E-state index contributed by atoms with van der Waals surface area (Å²) in [5.41, 5.74) is 6.41. The number of hydrogen-bond acceptors (Lipinski definition) is 6. The van der Waals surface area contributed by atoms with Gasteiger partial charge in [-0.3, -0.25) is 4.99 Å². The molecular formula is C31H28N2O4. The highest BCUT2D eigenvalue weighted by Gasteiger charge is 2.14. The van der Waals surface area contributed by atoms with Gasteiger partial charge < -0.3 is 24.6 Å². The van der Waals surface area contributed by atoms with Crippen molar-refractivity contribution in [3.63, 3.8) is 0 Å². The molecule has 4 aromatic carbocycles. The van der Waals surface area contributed by atoms with Gasteiger partial charge in [0.05, 0.1) is 20.8 Å². The first-order valence-electron chi connectivity index (χ1n) is 12.0. The van der Waals surface area contributed by atoms with Crippen LogP contribution in [0.15, 0.2) is 96.1 Å². The maximum Gasteiger partial charge on any atom is 0.203 e.